The molecule has 112 valence electrons. The van der Waals surface area contributed by atoms with Gasteiger partial charge >= 0.3 is 5.97 Å². The summed E-state index contributed by atoms with van der Waals surface area (Å²) in [5.41, 5.74) is 0.444. The van der Waals surface area contributed by atoms with E-state index in [0.29, 0.717) is 17.0 Å². The molecule has 0 atom stereocenters. The molecule has 0 saturated heterocycles. The maximum Gasteiger partial charge on any atom is 0.323 e. The van der Waals surface area contributed by atoms with Gasteiger partial charge < -0.3 is 10.0 Å². The van der Waals surface area contributed by atoms with Crippen molar-refractivity contribution in [1.82, 2.24) is 4.90 Å². The molecule has 0 aromatic heterocycles. The van der Waals surface area contributed by atoms with Gasteiger partial charge in [-0.25, -0.2) is 0 Å². The minimum atomic E-state index is -1.04. The van der Waals surface area contributed by atoms with E-state index in [1.54, 1.807) is 24.3 Å². The van der Waals surface area contributed by atoms with Crippen LogP contribution < -0.4 is 0 Å². The van der Waals surface area contributed by atoms with Crippen LogP contribution in [0.2, 0.25) is 0 Å². The summed E-state index contributed by atoms with van der Waals surface area (Å²) < 4.78 is 0. The third-order valence-corrected chi connectivity index (χ3v) is 3.55. The van der Waals surface area contributed by atoms with E-state index in [1.165, 1.54) is 16.7 Å². The maximum atomic E-state index is 12.6. The molecule has 0 unspecified atom stereocenters. The zero-order chi connectivity index (χ0) is 15.8. The first-order chi connectivity index (χ1) is 9.95. The van der Waals surface area contributed by atoms with E-state index in [9.17, 15) is 9.59 Å². The molecule has 0 aliphatic heterocycles. The van der Waals surface area contributed by atoms with E-state index in [1.807, 2.05) is 19.9 Å². The van der Waals surface area contributed by atoms with E-state index < -0.39 is 5.97 Å². The Morgan fingerprint density at radius 1 is 1.38 bits per heavy atom. The Morgan fingerprint density at radius 3 is 2.62 bits per heavy atom. The maximum absolute atomic E-state index is 12.6. The third kappa shape index (κ3) is 5.48. The van der Waals surface area contributed by atoms with Crippen molar-refractivity contribution in [3.8, 4) is 6.07 Å². The van der Waals surface area contributed by atoms with E-state index >= 15 is 0 Å². The van der Waals surface area contributed by atoms with Crippen LogP contribution in [-0.4, -0.2) is 40.7 Å². The lowest BCUT2D eigenvalue weighted by atomic mass is 10.1. The monoisotopic (exact) mass is 306 g/mol. The standard InChI is InChI=1S/C15H18N2O3S/c1-11(2)9-17(10-14(18)19)15(20)12-5-3-4-6-13(12)21-8-7-16/h3-6,11H,8-10H2,1-2H3,(H,18,19). The van der Waals surface area contributed by atoms with Crippen LogP contribution in [0.4, 0.5) is 0 Å². The number of carbonyl (C=O) groups is 2. The molecule has 0 spiro atoms. The van der Waals surface area contributed by atoms with Gasteiger partial charge in [0.05, 0.1) is 17.4 Å². The van der Waals surface area contributed by atoms with Gasteiger partial charge in [0.25, 0.3) is 5.91 Å². The molecule has 1 rings (SSSR count). The number of nitrogens with zero attached hydrogens (tertiary/aromatic N) is 2. The zero-order valence-electron chi connectivity index (χ0n) is 12.1. The highest BCUT2D eigenvalue weighted by molar-refractivity contribution is 7.99. The Hall–Kier alpha value is -2.00. The molecule has 0 bridgehead atoms. The van der Waals surface area contributed by atoms with Crippen molar-refractivity contribution >= 4 is 23.6 Å². The number of carboxylic acid groups (broad SMARTS) is 1. The SMILES string of the molecule is CC(C)CN(CC(=O)O)C(=O)c1ccccc1SCC#N. The molecule has 0 heterocycles. The Labute approximate surface area is 128 Å². The molecule has 1 amide bonds. The number of hydrogen-bond donors (Lipinski definition) is 1. The second-order valence-electron chi connectivity index (χ2n) is 4.92. The van der Waals surface area contributed by atoms with Gasteiger partial charge in [-0.3, -0.25) is 9.59 Å². The number of carboxylic acids is 1. The molecule has 0 radical (unpaired) electrons. The molecule has 0 aliphatic carbocycles. The molecule has 1 aromatic carbocycles. The lowest BCUT2D eigenvalue weighted by Gasteiger charge is -2.23. The van der Waals surface area contributed by atoms with Crippen molar-refractivity contribution in [2.24, 2.45) is 5.92 Å². The third-order valence-electron chi connectivity index (χ3n) is 2.61. The minimum Gasteiger partial charge on any atom is -0.480 e. The average Bonchev–Trinajstić information content (AvgIpc) is 2.43. The molecule has 21 heavy (non-hydrogen) atoms. The quantitative estimate of drug-likeness (QED) is 0.783. The summed E-state index contributed by atoms with van der Waals surface area (Å²) in [4.78, 5) is 25.5. The van der Waals surface area contributed by atoms with Crippen LogP contribution >= 0.6 is 11.8 Å². The van der Waals surface area contributed by atoms with E-state index in [0.717, 1.165) is 0 Å². The van der Waals surface area contributed by atoms with Crippen LogP contribution in [0.5, 0.6) is 0 Å². The number of nitriles is 1. The Bertz CT molecular complexity index is 552. The van der Waals surface area contributed by atoms with Crippen molar-refractivity contribution in [3.63, 3.8) is 0 Å². The lowest BCUT2D eigenvalue weighted by Crippen LogP contribution is -2.38. The number of aliphatic carboxylic acids is 1. The number of rotatable bonds is 7. The van der Waals surface area contributed by atoms with Gasteiger partial charge in [-0.1, -0.05) is 26.0 Å². The molecule has 6 heteroatoms. The van der Waals surface area contributed by atoms with Gasteiger partial charge in [0.1, 0.15) is 6.54 Å². The van der Waals surface area contributed by atoms with Crippen molar-refractivity contribution in [1.29, 1.82) is 5.26 Å². The van der Waals surface area contributed by atoms with Crippen LogP contribution in [0.25, 0.3) is 0 Å². The minimum absolute atomic E-state index is 0.173. The second kappa shape index (κ2) is 8.32. The van der Waals surface area contributed by atoms with Crippen LogP contribution in [0.15, 0.2) is 29.2 Å². The number of hydrogen-bond acceptors (Lipinski definition) is 4. The first kappa shape index (κ1) is 17.1. The first-order valence-corrected chi connectivity index (χ1v) is 7.54. The van der Waals surface area contributed by atoms with Gasteiger partial charge in [-0.2, -0.15) is 5.26 Å². The molecule has 0 aliphatic rings. The summed E-state index contributed by atoms with van der Waals surface area (Å²) in [6, 6.07) is 8.98. The zero-order valence-corrected chi connectivity index (χ0v) is 12.9. The van der Waals surface area contributed by atoms with Crippen molar-refractivity contribution in [2.75, 3.05) is 18.8 Å². The van der Waals surface area contributed by atoms with Crippen LogP contribution in [0.3, 0.4) is 0 Å². The van der Waals surface area contributed by atoms with Crippen LogP contribution in [0.1, 0.15) is 24.2 Å². The summed E-state index contributed by atoms with van der Waals surface area (Å²) in [6.07, 6.45) is 0. The van der Waals surface area contributed by atoms with E-state index in [-0.39, 0.29) is 24.1 Å². The van der Waals surface area contributed by atoms with Gasteiger partial charge in [0.15, 0.2) is 0 Å². The second-order valence-corrected chi connectivity index (χ2v) is 5.93. The summed E-state index contributed by atoms with van der Waals surface area (Å²) in [7, 11) is 0. The summed E-state index contributed by atoms with van der Waals surface area (Å²) in [6.45, 7) is 3.91. The predicted octanol–water partition coefficient (Wildman–Crippen LogP) is 2.49. The van der Waals surface area contributed by atoms with Crippen LogP contribution in [0, 0.1) is 17.2 Å². The summed E-state index contributed by atoms with van der Waals surface area (Å²) in [5.74, 6) is -0.932. The number of carbonyl (C=O) groups excluding carboxylic acids is 1. The van der Waals surface area contributed by atoms with Crippen LogP contribution in [-0.2, 0) is 4.79 Å². The Morgan fingerprint density at radius 2 is 2.05 bits per heavy atom. The Balaban J connectivity index is 3.02. The summed E-state index contributed by atoms with van der Waals surface area (Å²) in [5, 5.41) is 17.6. The molecule has 1 N–H and O–H groups in total. The molecule has 0 saturated carbocycles. The Kier molecular flexibility index (Phi) is 6.76. The highest BCUT2D eigenvalue weighted by Crippen LogP contribution is 2.23. The smallest absolute Gasteiger partial charge is 0.323 e. The fourth-order valence-electron chi connectivity index (χ4n) is 1.87. The van der Waals surface area contributed by atoms with Gasteiger partial charge in [0, 0.05) is 11.4 Å². The average molecular weight is 306 g/mol. The van der Waals surface area contributed by atoms with E-state index in [4.69, 9.17) is 10.4 Å². The normalized spacial score (nSPS) is 10.2. The largest absolute Gasteiger partial charge is 0.480 e. The van der Waals surface area contributed by atoms with Crippen molar-refractivity contribution in [2.45, 2.75) is 18.7 Å². The predicted molar refractivity (Wildman–Crippen MR) is 81.2 cm³/mol. The number of benzene rings is 1. The molecule has 5 nitrogen and oxygen atoms in total. The molecule has 0 fully saturated rings. The van der Waals surface area contributed by atoms with E-state index in [2.05, 4.69) is 0 Å². The molecular formula is C15H18N2O3S. The lowest BCUT2D eigenvalue weighted by molar-refractivity contribution is -0.137. The fourth-order valence-corrected chi connectivity index (χ4v) is 2.58. The first-order valence-electron chi connectivity index (χ1n) is 6.55. The highest BCUT2D eigenvalue weighted by atomic mass is 32.2. The highest BCUT2D eigenvalue weighted by Gasteiger charge is 2.21. The van der Waals surface area contributed by atoms with Gasteiger partial charge in [0.2, 0.25) is 0 Å². The fraction of sp³-hybridized carbons (Fsp3) is 0.400. The van der Waals surface area contributed by atoms with Crippen molar-refractivity contribution in [3.05, 3.63) is 29.8 Å². The molecule has 1 aromatic rings. The topological polar surface area (TPSA) is 81.4 Å². The summed E-state index contributed by atoms with van der Waals surface area (Å²) >= 11 is 1.27. The van der Waals surface area contributed by atoms with Gasteiger partial charge in [-0.05, 0) is 18.1 Å². The van der Waals surface area contributed by atoms with Gasteiger partial charge in [-0.15, -0.1) is 11.8 Å². The number of amides is 1. The number of thioether (sulfide) groups is 1. The molecular weight excluding hydrogens is 288 g/mol. The van der Waals surface area contributed by atoms with Crippen molar-refractivity contribution < 1.29 is 14.7 Å².